The van der Waals surface area contributed by atoms with E-state index in [0.717, 1.165) is 13.1 Å². The largest absolute Gasteiger partial charge is 0.479 e. The Morgan fingerprint density at radius 1 is 1.10 bits per heavy atom. The van der Waals surface area contributed by atoms with Gasteiger partial charge < -0.3 is 45.4 Å². The van der Waals surface area contributed by atoms with Gasteiger partial charge in [0.2, 0.25) is 12.2 Å². The highest BCUT2D eigenvalue weighted by Gasteiger charge is 2.48. The highest BCUT2D eigenvalue weighted by molar-refractivity contribution is 9.10. The van der Waals surface area contributed by atoms with E-state index in [9.17, 15) is 34.8 Å². The van der Waals surface area contributed by atoms with Crippen molar-refractivity contribution in [2.24, 2.45) is 5.92 Å². The molecule has 2 aliphatic rings. The lowest BCUT2D eigenvalue weighted by Gasteiger charge is -2.38. The molecule has 2 amide bonds. The fraction of sp³-hybridized carbons (Fsp3) is 0.481. The van der Waals surface area contributed by atoms with Crippen molar-refractivity contribution < 1.29 is 44.3 Å². The number of carboxylic acids is 1. The number of anilines is 2. The number of nitrogens with one attached hydrogen (secondary N) is 2. The third-order valence-electron chi connectivity index (χ3n) is 7.23. The number of likely N-dealkylation sites (tertiary alicyclic amines) is 1. The van der Waals surface area contributed by atoms with Crippen molar-refractivity contribution in [3.63, 3.8) is 0 Å². The lowest BCUT2D eigenvalue weighted by Crippen LogP contribution is -2.61. The predicted octanol–water partition coefficient (Wildman–Crippen LogP) is 2.08. The van der Waals surface area contributed by atoms with Crippen LogP contribution in [0.4, 0.5) is 11.4 Å². The summed E-state index contributed by atoms with van der Waals surface area (Å²) in [5, 5.41) is 45.9. The second-order valence-corrected chi connectivity index (χ2v) is 11.7. The number of halogens is 2. The van der Waals surface area contributed by atoms with Gasteiger partial charge in [0.1, 0.15) is 29.2 Å². The predicted molar refractivity (Wildman–Crippen MR) is 154 cm³/mol. The number of carbonyl (C=O) groups is 3. The number of aromatic nitrogens is 1. The Bertz CT molecular complexity index is 1310. The number of aliphatic carboxylic acids is 1. The van der Waals surface area contributed by atoms with Gasteiger partial charge in [0.05, 0.1) is 23.1 Å². The number of rotatable bonds is 8. The first-order valence-electron chi connectivity index (χ1n) is 13.3. The molecule has 5 atom stereocenters. The molecule has 228 valence electrons. The first-order valence-corrected chi connectivity index (χ1v) is 14.4. The summed E-state index contributed by atoms with van der Waals surface area (Å²) in [7, 11) is 0. The number of piperidine rings is 1. The molecule has 42 heavy (non-hydrogen) atoms. The van der Waals surface area contributed by atoms with Crippen molar-refractivity contribution in [3.8, 4) is 5.75 Å². The molecule has 0 spiro atoms. The number of ether oxygens (including phenoxy) is 2. The van der Waals surface area contributed by atoms with Crippen LogP contribution in [0.1, 0.15) is 37.0 Å². The minimum Gasteiger partial charge on any atom is -0.479 e. The van der Waals surface area contributed by atoms with E-state index in [1.54, 1.807) is 0 Å². The molecular formula is C27H32BrClN4O9. The monoisotopic (exact) mass is 670 g/mol. The Morgan fingerprint density at radius 3 is 2.38 bits per heavy atom. The van der Waals surface area contributed by atoms with Gasteiger partial charge in [0.15, 0.2) is 6.10 Å². The Hall–Kier alpha value is -2.85. The number of aliphatic hydroxyl groups excluding tert-OH is 3. The molecule has 0 aliphatic carbocycles. The van der Waals surface area contributed by atoms with Crippen LogP contribution < -0.4 is 15.4 Å². The van der Waals surface area contributed by atoms with E-state index in [2.05, 4.69) is 50.3 Å². The standard InChI is InChI=1S/C27H32BrClN4O9/c1-12(2)33-7-5-13(6-8-33)24(37)32-19-16(25(38)31-15-3-4-18(29)30-11-15)9-14(28)10-17(19)41-27-22(36)20(34)21(35)23(42-27)26(39)40/h3-4,9-13,20-23,27,34-36H,5-8H2,1-2H3,(H,31,38)(H,32,37)(H,39,40)/t20-,21-,22+,23-,27+/m0/s1. The Labute approximate surface area is 254 Å². The van der Waals surface area contributed by atoms with E-state index in [4.69, 9.17) is 21.1 Å². The van der Waals surface area contributed by atoms with Crippen molar-refractivity contribution >= 4 is 56.7 Å². The van der Waals surface area contributed by atoms with Crippen LogP contribution in [0.2, 0.25) is 5.15 Å². The van der Waals surface area contributed by atoms with E-state index in [-0.39, 0.29) is 34.0 Å². The van der Waals surface area contributed by atoms with Crippen LogP contribution >= 0.6 is 27.5 Å². The van der Waals surface area contributed by atoms with Crippen LogP contribution in [-0.4, -0.2) is 97.9 Å². The molecule has 2 aliphatic heterocycles. The van der Waals surface area contributed by atoms with Crippen LogP contribution in [0, 0.1) is 5.92 Å². The van der Waals surface area contributed by atoms with Crippen LogP contribution in [0.3, 0.4) is 0 Å². The van der Waals surface area contributed by atoms with Gasteiger partial charge in [-0.15, -0.1) is 0 Å². The van der Waals surface area contributed by atoms with Crippen LogP contribution in [0.5, 0.6) is 5.75 Å². The maximum absolute atomic E-state index is 13.5. The van der Waals surface area contributed by atoms with Gasteiger partial charge >= 0.3 is 5.97 Å². The normalized spacial score (nSPS) is 25.2. The molecule has 2 fully saturated rings. The number of carbonyl (C=O) groups excluding carboxylic acids is 2. The van der Waals surface area contributed by atoms with Crippen molar-refractivity contribution in [3.05, 3.63) is 45.7 Å². The van der Waals surface area contributed by atoms with Crippen molar-refractivity contribution in [1.82, 2.24) is 9.88 Å². The van der Waals surface area contributed by atoms with Gasteiger partial charge in [0.25, 0.3) is 5.91 Å². The third-order valence-corrected chi connectivity index (χ3v) is 7.91. The first-order chi connectivity index (χ1) is 19.8. The summed E-state index contributed by atoms with van der Waals surface area (Å²) >= 11 is 9.16. The molecule has 1 aromatic heterocycles. The Balaban J connectivity index is 1.67. The van der Waals surface area contributed by atoms with Crippen molar-refractivity contribution in [2.75, 3.05) is 23.7 Å². The molecule has 2 saturated heterocycles. The first kappa shape index (κ1) is 32.1. The van der Waals surface area contributed by atoms with Crippen LogP contribution in [0.15, 0.2) is 34.9 Å². The Morgan fingerprint density at radius 2 is 1.79 bits per heavy atom. The molecule has 13 nitrogen and oxygen atoms in total. The molecular weight excluding hydrogens is 640 g/mol. The summed E-state index contributed by atoms with van der Waals surface area (Å²) in [6.45, 7) is 5.60. The fourth-order valence-corrected chi connectivity index (χ4v) is 5.36. The number of amides is 2. The fourth-order valence-electron chi connectivity index (χ4n) is 4.81. The van der Waals surface area contributed by atoms with E-state index in [0.29, 0.717) is 29.0 Å². The molecule has 0 saturated carbocycles. The van der Waals surface area contributed by atoms with Gasteiger partial charge in [-0.25, -0.2) is 9.78 Å². The number of benzene rings is 1. The van der Waals surface area contributed by atoms with Gasteiger partial charge in [-0.1, -0.05) is 27.5 Å². The maximum atomic E-state index is 13.5. The van der Waals surface area contributed by atoms with Gasteiger partial charge in [-0.05, 0) is 64.0 Å². The highest BCUT2D eigenvalue weighted by Crippen LogP contribution is 2.37. The quantitative estimate of drug-likeness (QED) is 0.225. The average molecular weight is 672 g/mol. The van der Waals surface area contributed by atoms with E-state index in [1.807, 2.05) is 0 Å². The average Bonchev–Trinajstić information content (AvgIpc) is 2.95. The number of hydrogen-bond donors (Lipinski definition) is 6. The molecule has 6 N–H and O–H groups in total. The summed E-state index contributed by atoms with van der Waals surface area (Å²) in [6, 6.07) is 6.19. The van der Waals surface area contributed by atoms with E-state index >= 15 is 0 Å². The highest BCUT2D eigenvalue weighted by atomic mass is 79.9. The number of carboxylic acid groups (broad SMARTS) is 1. The molecule has 1 aromatic carbocycles. The minimum atomic E-state index is -1.93. The lowest BCUT2D eigenvalue weighted by molar-refractivity contribution is -0.271. The third kappa shape index (κ3) is 7.37. The summed E-state index contributed by atoms with van der Waals surface area (Å²) in [6.07, 6.45) is -6.87. The van der Waals surface area contributed by atoms with E-state index < -0.39 is 42.6 Å². The second-order valence-electron chi connectivity index (χ2n) is 10.4. The van der Waals surface area contributed by atoms with Crippen molar-refractivity contribution in [1.29, 1.82) is 0 Å². The molecule has 4 rings (SSSR count). The SMILES string of the molecule is CC(C)N1CCC(C(=O)Nc2c(O[C@@H]3O[C@H](C(=O)O)[C@@H](O)[C@H](O)[C@H]3O)cc(Br)cc2C(=O)Nc2ccc(Cl)nc2)CC1. The molecule has 0 radical (unpaired) electrons. The van der Waals surface area contributed by atoms with Crippen LogP contribution in [0.25, 0.3) is 0 Å². The topological polar surface area (TPSA) is 191 Å². The lowest BCUT2D eigenvalue weighted by atomic mass is 9.94. The zero-order chi connectivity index (χ0) is 30.7. The zero-order valence-corrected chi connectivity index (χ0v) is 25.1. The smallest absolute Gasteiger partial charge is 0.335 e. The molecule has 0 unspecified atom stereocenters. The summed E-state index contributed by atoms with van der Waals surface area (Å²) in [4.78, 5) is 44.7. The van der Waals surface area contributed by atoms with Crippen molar-refractivity contribution in [2.45, 2.75) is 63.4 Å². The number of hydrogen-bond acceptors (Lipinski definition) is 10. The number of aliphatic hydroxyl groups is 3. The van der Waals surface area contributed by atoms with Crippen LogP contribution in [-0.2, 0) is 14.3 Å². The zero-order valence-electron chi connectivity index (χ0n) is 22.7. The summed E-state index contributed by atoms with van der Waals surface area (Å²) in [5.74, 6) is -3.13. The number of pyridine rings is 1. The summed E-state index contributed by atoms with van der Waals surface area (Å²) in [5.41, 5.74) is 0.206. The van der Waals surface area contributed by atoms with E-state index in [1.165, 1.54) is 30.5 Å². The van der Waals surface area contributed by atoms with Gasteiger partial charge in [-0.2, -0.15) is 0 Å². The summed E-state index contributed by atoms with van der Waals surface area (Å²) < 4.78 is 11.4. The molecule has 3 heterocycles. The molecule has 0 bridgehead atoms. The van der Waals surface area contributed by atoms with Gasteiger partial charge in [0, 0.05) is 16.4 Å². The second kappa shape index (κ2) is 13.6. The Kier molecular flexibility index (Phi) is 10.4. The number of nitrogens with zero attached hydrogens (tertiary/aromatic N) is 2. The molecule has 15 heteroatoms. The molecule has 2 aromatic rings. The maximum Gasteiger partial charge on any atom is 0.335 e. The minimum absolute atomic E-state index is 0.0389. The van der Waals surface area contributed by atoms with Gasteiger partial charge in [-0.3, -0.25) is 9.59 Å².